The first-order valence-corrected chi connectivity index (χ1v) is 8.91. The summed E-state index contributed by atoms with van der Waals surface area (Å²) in [6.07, 6.45) is 2.75. The average Bonchev–Trinajstić information content (AvgIpc) is 2.69. The van der Waals surface area contributed by atoms with Crippen molar-refractivity contribution in [2.75, 3.05) is 10.6 Å². The number of fused-ring (bicyclic) bond motifs is 1. The molecule has 0 aliphatic rings. The molecule has 29 heavy (non-hydrogen) atoms. The maximum Gasteiger partial charge on any atom is 0.353 e. The molecule has 10 heteroatoms. The second kappa shape index (κ2) is 7.64. The van der Waals surface area contributed by atoms with Gasteiger partial charge < -0.3 is 10.6 Å². The van der Waals surface area contributed by atoms with Gasteiger partial charge in [0.25, 0.3) is 0 Å². The second-order valence-corrected chi connectivity index (χ2v) is 6.45. The summed E-state index contributed by atoms with van der Waals surface area (Å²) in [5, 5.41) is 18.7. The van der Waals surface area contributed by atoms with E-state index in [2.05, 4.69) is 30.6 Å². The average molecular weight is 408 g/mol. The molecule has 144 valence electrons. The van der Waals surface area contributed by atoms with Gasteiger partial charge in [-0.25, -0.2) is 15.0 Å². The van der Waals surface area contributed by atoms with E-state index in [9.17, 15) is 10.1 Å². The molecule has 0 radical (unpaired) electrons. The van der Waals surface area contributed by atoms with Crippen LogP contribution < -0.4 is 10.6 Å². The summed E-state index contributed by atoms with van der Waals surface area (Å²) in [5.41, 5.74) is 2.37. The highest BCUT2D eigenvalue weighted by Gasteiger charge is 2.24. The van der Waals surface area contributed by atoms with Crippen molar-refractivity contribution in [2.24, 2.45) is 0 Å². The molecule has 0 saturated heterocycles. The molecule has 1 aromatic carbocycles. The summed E-state index contributed by atoms with van der Waals surface area (Å²) in [7, 11) is 0. The lowest BCUT2D eigenvalue weighted by Gasteiger charge is -2.12. The smallest absolute Gasteiger partial charge is 0.334 e. The zero-order valence-corrected chi connectivity index (χ0v) is 15.9. The fourth-order valence-electron chi connectivity index (χ4n) is 2.83. The molecule has 0 amide bonds. The molecule has 4 rings (SSSR count). The third kappa shape index (κ3) is 3.76. The molecule has 3 aromatic heterocycles. The predicted octanol–water partition coefficient (Wildman–Crippen LogP) is 4.78. The summed E-state index contributed by atoms with van der Waals surface area (Å²) in [6.45, 7) is 1.90. The number of nitrogens with zero attached hydrogens (tertiary/aromatic N) is 5. The number of hydrogen-bond acceptors (Lipinski definition) is 8. The van der Waals surface area contributed by atoms with Gasteiger partial charge in [-0.2, -0.15) is 0 Å². The number of aryl methyl sites for hydroxylation is 1. The van der Waals surface area contributed by atoms with Crippen molar-refractivity contribution in [1.82, 2.24) is 19.9 Å². The lowest BCUT2D eigenvalue weighted by Crippen LogP contribution is -2.06. The minimum Gasteiger partial charge on any atom is -0.334 e. The van der Waals surface area contributed by atoms with Gasteiger partial charge in [0.1, 0.15) is 6.33 Å². The fourth-order valence-corrected chi connectivity index (χ4v) is 3.00. The fraction of sp³-hybridized carbons (Fsp3) is 0.0526. The highest BCUT2D eigenvalue weighted by atomic mass is 35.5. The molecule has 9 nitrogen and oxygen atoms in total. The Labute approximate surface area is 170 Å². The van der Waals surface area contributed by atoms with Crippen LogP contribution in [-0.2, 0) is 0 Å². The Morgan fingerprint density at radius 1 is 0.966 bits per heavy atom. The number of pyridine rings is 2. The maximum atomic E-state index is 11.8. The van der Waals surface area contributed by atoms with Gasteiger partial charge in [0.2, 0.25) is 11.6 Å². The second-order valence-electron chi connectivity index (χ2n) is 6.09. The van der Waals surface area contributed by atoms with Gasteiger partial charge in [-0.3, -0.25) is 15.1 Å². The Kier molecular flexibility index (Phi) is 4.88. The molecule has 3 heterocycles. The number of hydrogen-bond donors (Lipinski definition) is 2. The minimum atomic E-state index is -0.553. The van der Waals surface area contributed by atoms with Crippen molar-refractivity contribution < 1.29 is 4.92 Å². The summed E-state index contributed by atoms with van der Waals surface area (Å²) >= 11 is 6.04. The number of nitrogens with one attached hydrogen (secondary N) is 2. The largest absolute Gasteiger partial charge is 0.353 e. The molecule has 0 saturated carbocycles. The number of benzene rings is 1. The number of anilines is 4. The molecular formula is C19H14ClN7O2. The van der Waals surface area contributed by atoms with Crippen LogP contribution in [0, 0.1) is 17.0 Å². The molecule has 2 N–H and O–H groups in total. The Balaban J connectivity index is 1.77. The van der Waals surface area contributed by atoms with E-state index in [0.717, 1.165) is 16.6 Å². The quantitative estimate of drug-likeness (QED) is 0.275. The van der Waals surface area contributed by atoms with Crippen LogP contribution in [0.1, 0.15) is 5.69 Å². The van der Waals surface area contributed by atoms with E-state index in [1.807, 2.05) is 31.2 Å². The van der Waals surface area contributed by atoms with Crippen LogP contribution in [0.5, 0.6) is 0 Å². The first-order chi connectivity index (χ1) is 14.0. The number of nitro groups is 1. The topological polar surface area (TPSA) is 119 Å². The summed E-state index contributed by atoms with van der Waals surface area (Å²) in [5.74, 6) is 0.0391. The number of halogens is 1. The molecular weight excluding hydrogens is 394 g/mol. The monoisotopic (exact) mass is 407 g/mol. The zero-order chi connectivity index (χ0) is 20.4. The Morgan fingerprint density at radius 2 is 1.69 bits per heavy atom. The van der Waals surface area contributed by atoms with Crippen molar-refractivity contribution in [3.05, 3.63) is 76.0 Å². The predicted molar refractivity (Wildman–Crippen MR) is 111 cm³/mol. The van der Waals surface area contributed by atoms with E-state index in [1.165, 1.54) is 12.5 Å². The van der Waals surface area contributed by atoms with Gasteiger partial charge in [0, 0.05) is 23.0 Å². The van der Waals surface area contributed by atoms with Crippen LogP contribution in [0.15, 0.2) is 55.0 Å². The lowest BCUT2D eigenvalue weighted by atomic mass is 10.1. The minimum absolute atomic E-state index is 0.00314. The molecule has 0 atom stereocenters. The van der Waals surface area contributed by atoms with Crippen molar-refractivity contribution in [3.63, 3.8) is 0 Å². The van der Waals surface area contributed by atoms with E-state index in [1.54, 1.807) is 18.2 Å². The van der Waals surface area contributed by atoms with Crippen molar-refractivity contribution in [2.45, 2.75) is 6.92 Å². The van der Waals surface area contributed by atoms with Gasteiger partial charge in [-0.15, -0.1) is 0 Å². The Bertz CT molecular complexity index is 1230. The normalized spacial score (nSPS) is 10.7. The first-order valence-electron chi connectivity index (χ1n) is 8.53. The van der Waals surface area contributed by atoms with Gasteiger partial charge in [0.15, 0.2) is 5.15 Å². The van der Waals surface area contributed by atoms with E-state index < -0.39 is 4.92 Å². The van der Waals surface area contributed by atoms with Gasteiger partial charge in [-0.1, -0.05) is 17.7 Å². The molecule has 0 spiro atoms. The number of rotatable bonds is 5. The SMILES string of the molecule is Cc1ccc2c(Nc3ncnc(Nc4cccnc4Cl)c3[N+](=O)[O-])cccc2n1. The molecule has 0 unspecified atom stereocenters. The summed E-state index contributed by atoms with van der Waals surface area (Å²) in [6, 6.07) is 12.6. The highest BCUT2D eigenvalue weighted by molar-refractivity contribution is 6.32. The lowest BCUT2D eigenvalue weighted by molar-refractivity contribution is -0.383. The Hall–Kier alpha value is -3.85. The third-order valence-corrected chi connectivity index (χ3v) is 4.44. The van der Waals surface area contributed by atoms with Gasteiger partial charge >= 0.3 is 5.69 Å². The third-order valence-electron chi connectivity index (χ3n) is 4.14. The van der Waals surface area contributed by atoms with Crippen LogP contribution in [0.4, 0.5) is 28.7 Å². The van der Waals surface area contributed by atoms with Crippen LogP contribution in [0.25, 0.3) is 10.9 Å². The standard InChI is InChI=1S/C19H14ClN7O2/c1-11-7-8-12-13(24-11)4-2-5-14(12)25-18-16(27(28)29)19(23-10-22-18)26-15-6-3-9-21-17(15)20/h2-10H,1H3,(H2,22,23,25,26). The molecule has 0 fully saturated rings. The molecule has 4 aromatic rings. The van der Waals surface area contributed by atoms with Crippen LogP contribution in [-0.4, -0.2) is 24.9 Å². The van der Waals surface area contributed by atoms with Crippen LogP contribution in [0.3, 0.4) is 0 Å². The van der Waals surface area contributed by atoms with Crippen LogP contribution >= 0.6 is 11.6 Å². The van der Waals surface area contributed by atoms with Gasteiger partial charge in [0.05, 0.1) is 16.1 Å². The number of aromatic nitrogens is 4. The van der Waals surface area contributed by atoms with Crippen molar-refractivity contribution >= 4 is 51.2 Å². The molecule has 0 bridgehead atoms. The summed E-state index contributed by atoms with van der Waals surface area (Å²) in [4.78, 5) is 27.8. The van der Waals surface area contributed by atoms with Crippen molar-refractivity contribution in [1.29, 1.82) is 0 Å². The van der Waals surface area contributed by atoms with E-state index in [0.29, 0.717) is 11.4 Å². The first kappa shape index (κ1) is 18.5. The molecule has 0 aliphatic heterocycles. The zero-order valence-electron chi connectivity index (χ0n) is 15.1. The highest BCUT2D eigenvalue weighted by Crippen LogP contribution is 2.35. The van der Waals surface area contributed by atoms with Crippen molar-refractivity contribution in [3.8, 4) is 0 Å². The van der Waals surface area contributed by atoms with Gasteiger partial charge in [-0.05, 0) is 43.3 Å². The Morgan fingerprint density at radius 3 is 2.41 bits per heavy atom. The van der Waals surface area contributed by atoms with E-state index in [4.69, 9.17) is 11.6 Å². The summed E-state index contributed by atoms with van der Waals surface area (Å²) < 4.78 is 0. The van der Waals surface area contributed by atoms with E-state index >= 15 is 0 Å². The van der Waals surface area contributed by atoms with Crippen LogP contribution in [0.2, 0.25) is 5.15 Å². The maximum absolute atomic E-state index is 11.8. The molecule has 0 aliphatic carbocycles. The van der Waals surface area contributed by atoms with E-state index in [-0.39, 0.29) is 22.5 Å².